The molecule has 0 fully saturated rings. The maximum absolute atomic E-state index is 12.4. The molecule has 158 valence electrons. The number of rotatable bonds is 7. The summed E-state index contributed by atoms with van der Waals surface area (Å²) in [4.78, 5) is 32.7. The Bertz CT molecular complexity index is 1240. The van der Waals surface area contributed by atoms with Crippen LogP contribution in [0.4, 0.5) is 5.69 Å². The smallest absolute Gasteiger partial charge is 0.234 e. The molecule has 3 heterocycles. The standard InChI is InChI=1S/C23H22N4O3S/c1-14-15(2)27(11-19-5-4-10-30-19)22-21(14)23(25-13-24-22)31-12-20(29)26-18-8-6-17(7-9-18)16(3)28/h4-10,13H,11-12H2,1-3H3,(H,26,29). The van der Waals surface area contributed by atoms with E-state index in [-0.39, 0.29) is 17.4 Å². The molecule has 0 saturated heterocycles. The highest BCUT2D eigenvalue weighted by molar-refractivity contribution is 8.00. The van der Waals surface area contributed by atoms with Crippen molar-refractivity contribution in [2.45, 2.75) is 32.3 Å². The number of carbonyl (C=O) groups is 2. The molecule has 4 rings (SSSR count). The Hall–Kier alpha value is -3.39. The van der Waals surface area contributed by atoms with Crippen molar-refractivity contribution in [2.24, 2.45) is 0 Å². The molecule has 8 heteroatoms. The number of anilines is 1. The number of ketones is 1. The van der Waals surface area contributed by atoms with Gasteiger partial charge in [-0.25, -0.2) is 9.97 Å². The third kappa shape index (κ3) is 4.39. The number of fused-ring (bicyclic) bond motifs is 1. The highest BCUT2D eigenvalue weighted by atomic mass is 32.2. The van der Waals surface area contributed by atoms with Crippen LogP contribution in [0.3, 0.4) is 0 Å². The van der Waals surface area contributed by atoms with E-state index in [2.05, 4.69) is 19.9 Å². The summed E-state index contributed by atoms with van der Waals surface area (Å²) in [5.74, 6) is 0.910. The number of Topliss-reactive ketones (excluding diaryl/α,β-unsaturated/α-hetero) is 1. The second kappa shape index (κ2) is 8.77. The normalized spacial score (nSPS) is 11.1. The van der Waals surface area contributed by atoms with Gasteiger partial charge in [-0.1, -0.05) is 11.8 Å². The summed E-state index contributed by atoms with van der Waals surface area (Å²) in [6.07, 6.45) is 3.19. The average Bonchev–Trinajstić information content (AvgIpc) is 3.36. The van der Waals surface area contributed by atoms with Crippen LogP contribution in [0.1, 0.15) is 34.3 Å². The number of benzene rings is 1. The van der Waals surface area contributed by atoms with Gasteiger partial charge < -0.3 is 14.3 Å². The number of aromatic nitrogens is 3. The largest absolute Gasteiger partial charge is 0.467 e. The van der Waals surface area contributed by atoms with Crippen molar-refractivity contribution in [1.29, 1.82) is 0 Å². The highest BCUT2D eigenvalue weighted by Gasteiger charge is 2.18. The van der Waals surface area contributed by atoms with E-state index >= 15 is 0 Å². The van der Waals surface area contributed by atoms with E-state index in [9.17, 15) is 9.59 Å². The molecule has 1 amide bonds. The molecule has 7 nitrogen and oxygen atoms in total. The fraction of sp³-hybridized carbons (Fsp3) is 0.217. The van der Waals surface area contributed by atoms with Crippen LogP contribution in [0.5, 0.6) is 0 Å². The number of thioether (sulfide) groups is 1. The maximum atomic E-state index is 12.4. The molecule has 0 aliphatic rings. The molecule has 0 spiro atoms. The molecule has 0 saturated carbocycles. The van der Waals surface area contributed by atoms with Crippen molar-refractivity contribution in [3.8, 4) is 0 Å². The first-order valence-corrected chi connectivity index (χ1v) is 10.8. The molecule has 0 aliphatic carbocycles. The molecule has 4 aromatic rings. The zero-order valence-corrected chi connectivity index (χ0v) is 18.3. The first kappa shape index (κ1) is 20.9. The van der Waals surface area contributed by atoms with Gasteiger partial charge in [0.05, 0.1) is 23.9 Å². The summed E-state index contributed by atoms with van der Waals surface area (Å²) in [7, 11) is 0. The van der Waals surface area contributed by atoms with E-state index in [1.807, 2.05) is 26.0 Å². The van der Waals surface area contributed by atoms with Crippen molar-refractivity contribution >= 4 is 40.2 Å². The Morgan fingerprint density at radius 3 is 2.58 bits per heavy atom. The lowest BCUT2D eigenvalue weighted by molar-refractivity contribution is -0.113. The first-order chi connectivity index (χ1) is 14.9. The third-order valence-corrected chi connectivity index (χ3v) is 6.17. The van der Waals surface area contributed by atoms with Crippen molar-refractivity contribution in [3.05, 3.63) is 71.6 Å². The summed E-state index contributed by atoms with van der Waals surface area (Å²) in [5.41, 5.74) is 4.26. The Kier molecular flexibility index (Phi) is 5.90. The van der Waals surface area contributed by atoms with Gasteiger partial charge in [0.25, 0.3) is 0 Å². The van der Waals surface area contributed by atoms with Gasteiger partial charge >= 0.3 is 0 Å². The van der Waals surface area contributed by atoms with Crippen LogP contribution in [0.15, 0.2) is 58.4 Å². The van der Waals surface area contributed by atoms with Crippen LogP contribution in [0.2, 0.25) is 0 Å². The first-order valence-electron chi connectivity index (χ1n) is 9.80. The fourth-order valence-electron chi connectivity index (χ4n) is 3.42. The SMILES string of the molecule is CC(=O)c1ccc(NC(=O)CSc2ncnc3c2c(C)c(C)n3Cc2ccco2)cc1. The number of carbonyl (C=O) groups excluding carboxylic acids is 2. The lowest BCUT2D eigenvalue weighted by atomic mass is 10.1. The molecular formula is C23H22N4O3S. The van der Waals surface area contributed by atoms with Crippen molar-refractivity contribution in [3.63, 3.8) is 0 Å². The highest BCUT2D eigenvalue weighted by Crippen LogP contribution is 2.31. The Morgan fingerprint density at radius 1 is 1.13 bits per heavy atom. The second-order valence-electron chi connectivity index (χ2n) is 7.22. The van der Waals surface area contributed by atoms with Gasteiger partial charge in [0.2, 0.25) is 5.91 Å². The minimum atomic E-state index is -0.142. The van der Waals surface area contributed by atoms with Crippen molar-refractivity contribution < 1.29 is 14.0 Å². The lowest BCUT2D eigenvalue weighted by Crippen LogP contribution is -2.14. The van der Waals surface area contributed by atoms with Crippen LogP contribution >= 0.6 is 11.8 Å². The van der Waals surface area contributed by atoms with Gasteiger partial charge in [0.1, 0.15) is 22.8 Å². The molecule has 0 bridgehead atoms. The molecule has 1 aromatic carbocycles. The van der Waals surface area contributed by atoms with E-state index in [0.717, 1.165) is 33.1 Å². The number of aryl methyl sites for hydroxylation is 1. The molecule has 3 aromatic heterocycles. The van der Waals surface area contributed by atoms with Gasteiger partial charge in [-0.2, -0.15) is 0 Å². The zero-order valence-electron chi connectivity index (χ0n) is 17.5. The summed E-state index contributed by atoms with van der Waals surface area (Å²) < 4.78 is 7.60. The quantitative estimate of drug-likeness (QED) is 0.259. The molecule has 0 atom stereocenters. The Balaban J connectivity index is 1.50. The number of nitrogens with one attached hydrogen (secondary N) is 1. The number of hydrogen-bond donors (Lipinski definition) is 1. The maximum Gasteiger partial charge on any atom is 0.234 e. The van der Waals surface area contributed by atoms with E-state index in [1.165, 1.54) is 25.0 Å². The van der Waals surface area contributed by atoms with Crippen molar-refractivity contribution in [1.82, 2.24) is 14.5 Å². The third-order valence-electron chi connectivity index (χ3n) is 5.18. The number of nitrogens with zero attached hydrogens (tertiary/aromatic N) is 3. The molecule has 0 unspecified atom stereocenters. The Labute approximate surface area is 183 Å². The topological polar surface area (TPSA) is 90.0 Å². The van der Waals surface area contributed by atoms with Crippen LogP contribution in [-0.2, 0) is 11.3 Å². The van der Waals surface area contributed by atoms with E-state index in [4.69, 9.17) is 4.42 Å². The molecule has 1 N–H and O–H groups in total. The van der Waals surface area contributed by atoms with E-state index in [0.29, 0.717) is 17.8 Å². The summed E-state index contributed by atoms with van der Waals surface area (Å²) in [6.45, 7) is 6.19. The monoisotopic (exact) mass is 434 g/mol. The van der Waals surface area contributed by atoms with Gasteiger partial charge in [-0.3, -0.25) is 9.59 Å². The number of amides is 1. The number of furan rings is 1. The van der Waals surface area contributed by atoms with Crippen LogP contribution in [0, 0.1) is 13.8 Å². The average molecular weight is 435 g/mol. The molecule has 31 heavy (non-hydrogen) atoms. The lowest BCUT2D eigenvalue weighted by Gasteiger charge is -2.07. The van der Waals surface area contributed by atoms with Gasteiger partial charge in [-0.15, -0.1) is 0 Å². The minimum absolute atomic E-state index is 0.00846. The predicted molar refractivity (Wildman–Crippen MR) is 121 cm³/mol. The predicted octanol–water partition coefficient (Wildman–Crippen LogP) is 4.62. The summed E-state index contributed by atoms with van der Waals surface area (Å²) in [6, 6.07) is 10.7. The van der Waals surface area contributed by atoms with Gasteiger partial charge in [0.15, 0.2) is 5.78 Å². The second-order valence-corrected chi connectivity index (χ2v) is 8.19. The van der Waals surface area contributed by atoms with Gasteiger partial charge in [-0.05, 0) is 62.7 Å². The van der Waals surface area contributed by atoms with Crippen molar-refractivity contribution in [2.75, 3.05) is 11.1 Å². The van der Waals surface area contributed by atoms with Crippen LogP contribution in [0.25, 0.3) is 11.0 Å². The molecule has 0 aliphatic heterocycles. The number of hydrogen-bond acceptors (Lipinski definition) is 6. The summed E-state index contributed by atoms with van der Waals surface area (Å²) >= 11 is 1.38. The fourth-order valence-corrected chi connectivity index (χ4v) is 4.27. The zero-order chi connectivity index (χ0) is 22.0. The summed E-state index contributed by atoms with van der Waals surface area (Å²) in [5, 5.41) is 4.58. The molecular weight excluding hydrogens is 412 g/mol. The van der Waals surface area contributed by atoms with E-state index in [1.54, 1.807) is 30.5 Å². The van der Waals surface area contributed by atoms with E-state index < -0.39 is 0 Å². The van der Waals surface area contributed by atoms with Gasteiger partial charge in [0, 0.05) is 16.9 Å². The van der Waals surface area contributed by atoms with Crippen LogP contribution in [-0.4, -0.2) is 32.0 Å². The Morgan fingerprint density at radius 2 is 1.90 bits per heavy atom. The molecule has 0 radical (unpaired) electrons. The minimum Gasteiger partial charge on any atom is -0.467 e. The van der Waals surface area contributed by atoms with Crippen LogP contribution < -0.4 is 5.32 Å².